The van der Waals surface area contributed by atoms with Gasteiger partial charge in [-0.3, -0.25) is 0 Å². The zero-order valence-electron chi connectivity index (χ0n) is 12.6. The first-order chi connectivity index (χ1) is 9.86. The first-order valence-corrected chi connectivity index (χ1v) is 8.28. The van der Waals surface area contributed by atoms with Crippen molar-refractivity contribution >= 4 is 0 Å². The molecule has 1 N–H and O–H groups in total. The van der Waals surface area contributed by atoms with Crippen LogP contribution in [0.15, 0.2) is 24.3 Å². The van der Waals surface area contributed by atoms with Crippen LogP contribution in [0.4, 0.5) is 0 Å². The van der Waals surface area contributed by atoms with E-state index in [-0.39, 0.29) is 0 Å². The molecule has 1 saturated heterocycles. The summed E-state index contributed by atoms with van der Waals surface area (Å²) in [4.78, 5) is 0. The van der Waals surface area contributed by atoms with Crippen LogP contribution in [0.3, 0.4) is 0 Å². The number of hydrogen-bond acceptors (Lipinski definition) is 2. The Kier molecular flexibility index (Phi) is 4.74. The second-order valence-electron chi connectivity index (χ2n) is 6.31. The van der Waals surface area contributed by atoms with Crippen molar-refractivity contribution in [2.45, 2.75) is 57.6 Å². The topological polar surface area (TPSA) is 21.3 Å². The molecule has 2 aliphatic rings. The third-order valence-corrected chi connectivity index (χ3v) is 4.94. The molecular formula is C18H27NO. The van der Waals surface area contributed by atoms with E-state index in [0.29, 0.717) is 12.1 Å². The van der Waals surface area contributed by atoms with Gasteiger partial charge < -0.3 is 10.1 Å². The zero-order chi connectivity index (χ0) is 13.8. The lowest BCUT2D eigenvalue weighted by Crippen LogP contribution is -2.37. The average Bonchev–Trinajstić information content (AvgIpc) is 3.12. The van der Waals surface area contributed by atoms with Crippen molar-refractivity contribution in [1.29, 1.82) is 0 Å². The van der Waals surface area contributed by atoms with Gasteiger partial charge in [-0.1, -0.05) is 31.2 Å². The molecule has 1 heterocycles. The Bertz CT molecular complexity index is 400. The van der Waals surface area contributed by atoms with Crippen LogP contribution in [-0.2, 0) is 17.6 Å². The molecule has 2 heteroatoms. The van der Waals surface area contributed by atoms with Crippen LogP contribution < -0.4 is 5.32 Å². The standard InChI is InChI=1S/C18H27NO/c1-2-19-18(10-9-17-8-5-11-20-17)16-12-14-6-3-4-7-15(14)13-16/h3-4,6-7,16-19H,2,5,8-13H2,1H3. The summed E-state index contributed by atoms with van der Waals surface area (Å²) in [6.45, 7) is 4.27. The highest BCUT2D eigenvalue weighted by molar-refractivity contribution is 5.32. The van der Waals surface area contributed by atoms with Crippen LogP contribution in [0.2, 0.25) is 0 Å². The van der Waals surface area contributed by atoms with Gasteiger partial charge >= 0.3 is 0 Å². The third-order valence-electron chi connectivity index (χ3n) is 4.94. The van der Waals surface area contributed by atoms with Gasteiger partial charge in [-0.25, -0.2) is 0 Å². The molecular weight excluding hydrogens is 246 g/mol. The van der Waals surface area contributed by atoms with E-state index in [1.807, 2.05) is 0 Å². The smallest absolute Gasteiger partial charge is 0.0576 e. The van der Waals surface area contributed by atoms with Gasteiger partial charge in [0, 0.05) is 12.6 Å². The molecule has 0 radical (unpaired) electrons. The highest BCUT2D eigenvalue weighted by atomic mass is 16.5. The summed E-state index contributed by atoms with van der Waals surface area (Å²) in [7, 11) is 0. The van der Waals surface area contributed by atoms with E-state index in [0.717, 1.165) is 19.1 Å². The predicted molar refractivity (Wildman–Crippen MR) is 83.0 cm³/mol. The van der Waals surface area contributed by atoms with E-state index >= 15 is 0 Å². The fourth-order valence-corrected chi connectivity index (χ4v) is 3.88. The predicted octanol–water partition coefficient (Wildman–Crippen LogP) is 3.34. The molecule has 110 valence electrons. The maximum absolute atomic E-state index is 5.78. The Hall–Kier alpha value is -0.860. The summed E-state index contributed by atoms with van der Waals surface area (Å²) < 4.78 is 5.78. The first kappa shape index (κ1) is 14.1. The number of fused-ring (bicyclic) bond motifs is 1. The molecule has 1 aromatic carbocycles. The molecule has 2 unspecified atom stereocenters. The number of benzene rings is 1. The van der Waals surface area contributed by atoms with E-state index < -0.39 is 0 Å². The lowest BCUT2D eigenvalue weighted by molar-refractivity contribution is 0.0973. The Morgan fingerprint density at radius 2 is 2.00 bits per heavy atom. The van der Waals surface area contributed by atoms with E-state index in [1.165, 1.54) is 38.5 Å². The molecule has 2 atom stereocenters. The molecule has 1 aliphatic carbocycles. The van der Waals surface area contributed by atoms with Crippen molar-refractivity contribution in [2.24, 2.45) is 5.92 Å². The maximum Gasteiger partial charge on any atom is 0.0576 e. The minimum absolute atomic E-state index is 0.528. The minimum atomic E-state index is 0.528. The Labute approximate surface area is 122 Å². The zero-order valence-corrected chi connectivity index (χ0v) is 12.6. The van der Waals surface area contributed by atoms with Crippen molar-refractivity contribution < 1.29 is 4.74 Å². The fourth-order valence-electron chi connectivity index (χ4n) is 3.88. The molecule has 3 rings (SSSR count). The number of hydrogen-bond donors (Lipinski definition) is 1. The van der Waals surface area contributed by atoms with E-state index in [4.69, 9.17) is 4.74 Å². The molecule has 1 aromatic rings. The summed E-state index contributed by atoms with van der Waals surface area (Å²) >= 11 is 0. The molecule has 1 fully saturated rings. The van der Waals surface area contributed by atoms with Gasteiger partial charge in [0.2, 0.25) is 0 Å². The second kappa shape index (κ2) is 6.73. The second-order valence-corrected chi connectivity index (χ2v) is 6.31. The molecule has 0 bridgehead atoms. The van der Waals surface area contributed by atoms with Crippen molar-refractivity contribution in [3.8, 4) is 0 Å². The van der Waals surface area contributed by atoms with E-state index in [2.05, 4.69) is 36.5 Å². The van der Waals surface area contributed by atoms with Crippen molar-refractivity contribution in [1.82, 2.24) is 5.32 Å². The van der Waals surface area contributed by atoms with Gasteiger partial charge in [-0.2, -0.15) is 0 Å². The quantitative estimate of drug-likeness (QED) is 0.858. The average molecular weight is 273 g/mol. The summed E-state index contributed by atoms with van der Waals surface area (Å²) in [5, 5.41) is 3.73. The number of nitrogens with one attached hydrogen (secondary N) is 1. The van der Waals surface area contributed by atoms with Gasteiger partial charge in [0.15, 0.2) is 0 Å². The monoisotopic (exact) mass is 273 g/mol. The van der Waals surface area contributed by atoms with Gasteiger partial charge in [0.05, 0.1) is 6.10 Å². The number of ether oxygens (including phenoxy) is 1. The first-order valence-electron chi connectivity index (χ1n) is 8.28. The highest BCUT2D eigenvalue weighted by Crippen LogP contribution is 2.31. The summed E-state index contributed by atoms with van der Waals surface area (Å²) in [6.07, 6.45) is 8.04. The lowest BCUT2D eigenvalue weighted by Gasteiger charge is -2.25. The van der Waals surface area contributed by atoms with Gasteiger partial charge in [0.25, 0.3) is 0 Å². The summed E-state index contributed by atoms with van der Waals surface area (Å²) in [5.41, 5.74) is 3.13. The van der Waals surface area contributed by atoms with E-state index in [1.54, 1.807) is 11.1 Å². The highest BCUT2D eigenvalue weighted by Gasteiger charge is 2.28. The van der Waals surface area contributed by atoms with Crippen molar-refractivity contribution in [3.05, 3.63) is 35.4 Å². The van der Waals surface area contributed by atoms with Crippen LogP contribution in [-0.4, -0.2) is 25.3 Å². The lowest BCUT2D eigenvalue weighted by atomic mass is 9.91. The normalized spacial score (nSPS) is 23.9. The molecule has 0 aromatic heterocycles. The molecule has 1 aliphatic heterocycles. The van der Waals surface area contributed by atoms with Crippen molar-refractivity contribution in [3.63, 3.8) is 0 Å². The van der Waals surface area contributed by atoms with Crippen LogP contribution in [0.25, 0.3) is 0 Å². The molecule has 0 saturated carbocycles. The Morgan fingerprint density at radius 3 is 2.60 bits per heavy atom. The van der Waals surface area contributed by atoms with Crippen LogP contribution in [0.5, 0.6) is 0 Å². The van der Waals surface area contributed by atoms with Crippen LogP contribution in [0.1, 0.15) is 43.7 Å². The van der Waals surface area contributed by atoms with Gasteiger partial charge in [-0.15, -0.1) is 0 Å². The van der Waals surface area contributed by atoms with E-state index in [9.17, 15) is 0 Å². The van der Waals surface area contributed by atoms with Crippen molar-refractivity contribution in [2.75, 3.05) is 13.2 Å². The molecule has 0 amide bonds. The molecule has 2 nitrogen and oxygen atoms in total. The van der Waals surface area contributed by atoms with Gasteiger partial charge in [0.1, 0.15) is 0 Å². The minimum Gasteiger partial charge on any atom is -0.378 e. The largest absolute Gasteiger partial charge is 0.378 e. The molecule has 20 heavy (non-hydrogen) atoms. The summed E-state index contributed by atoms with van der Waals surface area (Å²) in [5.74, 6) is 0.772. The van der Waals surface area contributed by atoms with Crippen LogP contribution in [0, 0.1) is 5.92 Å². The Balaban J connectivity index is 1.57. The van der Waals surface area contributed by atoms with Gasteiger partial charge in [-0.05, 0) is 62.1 Å². The maximum atomic E-state index is 5.78. The van der Waals surface area contributed by atoms with Crippen LogP contribution >= 0.6 is 0 Å². The SMILES string of the molecule is CCNC(CCC1CCCO1)C1Cc2ccccc2C1. The fraction of sp³-hybridized carbons (Fsp3) is 0.667. The Morgan fingerprint density at radius 1 is 1.25 bits per heavy atom. The third kappa shape index (κ3) is 3.24. The molecule has 0 spiro atoms. The summed E-state index contributed by atoms with van der Waals surface area (Å²) in [6, 6.07) is 9.61. The number of rotatable bonds is 6.